The maximum absolute atomic E-state index is 13.3. The second-order valence-electron chi connectivity index (χ2n) is 8.83. The summed E-state index contributed by atoms with van der Waals surface area (Å²) in [7, 11) is 0. The summed E-state index contributed by atoms with van der Waals surface area (Å²) >= 11 is 0. The number of carbonyl (C=O) groups excluding carboxylic acids is 2. The number of hydrogen-bond acceptors (Lipinski definition) is 7. The number of pyridine rings is 1. The average Bonchev–Trinajstić information content (AvgIpc) is 3.19. The molecule has 2 aromatic carbocycles. The van der Waals surface area contributed by atoms with Crippen LogP contribution in [0.4, 0.5) is 17.1 Å². The van der Waals surface area contributed by atoms with Crippen LogP contribution in [0.2, 0.25) is 0 Å². The number of aliphatic hydroxyl groups excluding tert-OH is 1. The molecule has 36 heavy (non-hydrogen) atoms. The predicted octanol–water partition coefficient (Wildman–Crippen LogP) is 4.61. The topological polar surface area (TPSA) is 117 Å². The fourth-order valence-corrected chi connectivity index (χ4v) is 4.85. The molecule has 1 aromatic heterocycles. The Hall–Kier alpha value is -4.53. The Morgan fingerprint density at radius 2 is 1.69 bits per heavy atom. The summed E-state index contributed by atoms with van der Waals surface area (Å²) in [6.07, 6.45) is 6.59. The van der Waals surface area contributed by atoms with Gasteiger partial charge in [0.1, 0.15) is 5.76 Å². The van der Waals surface area contributed by atoms with Gasteiger partial charge in [-0.3, -0.25) is 29.6 Å². The van der Waals surface area contributed by atoms with E-state index in [4.69, 9.17) is 0 Å². The van der Waals surface area contributed by atoms with E-state index in [1.165, 1.54) is 41.8 Å². The first kappa shape index (κ1) is 23.2. The van der Waals surface area contributed by atoms with Crippen LogP contribution in [-0.2, 0) is 9.59 Å². The van der Waals surface area contributed by atoms with Crippen molar-refractivity contribution in [3.63, 3.8) is 0 Å². The number of nitro groups is 1. The molecule has 0 radical (unpaired) electrons. The van der Waals surface area contributed by atoms with Crippen molar-refractivity contribution in [2.24, 2.45) is 0 Å². The summed E-state index contributed by atoms with van der Waals surface area (Å²) in [5, 5.41) is 22.4. The minimum Gasteiger partial charge on any atom is -0.507 e. The Morgan fingerprint density at radius 1 is 0.972 bits per heavy atom. The van der Waals surface area contributed by atoms with Crippen LogP contribution in [0.25, 0.3) is 5.76 Å². The molecule has 0 spiro atoms. The number of aliphatic hydroxyl groups is 1. The summed E-state index contributed by atoms with van der Waals surface area (Å²) in [6, 6.07) is 15.3. The van der Waals surface area contributed by atoms with E-state index in [1.54, 1.807) is 30.5 Å². The third-order valence-electron chi connectivity index (χ3n) is 6.62. The van der Waals surface area contributed by atoms with E-state index in [2.05, 4.69) is 9.88 Å². The molecule has 3 aromatic rings. The van der Waals surface area contributed by atoms with E-state index in [0.29, 0.717) is 11.3 Å². The highest BCUT2D eigenvalue weighted by molar-refractivity contribution is 6.51. The number of Topliss-reactive ketones (excluding diaryl/α,β-unsaturated/α-hetero) is 1. The predicted molar refractivity (Wildman–Crippen MR) is 135 cm³/mol. The molecule has 5 rings (SSSR count). The first-order valence-electron chi connectivity index (χ1n) is 11.8. The number of amides is 1. The molecule has 3 heterocycles. The van der Waals surface area contributed by atoms with Crippen LogP contribution in [0.5, 0.6) is 0 Å². The molecule has 2 saturated heterocycles. The highest BCUT2D eigenvalue weighted by Crippen LogP contribution is 2.42. The van der Waals surface area contributed by atoms with Crippen LogP contribution in [0.1, 0.15) is 36.4 Å². The van der Waals surface area contributed by atoms with Crippen molar-refractivity contribution in [1.29, 1.82) is 0 Å². The van der Waals surface area contributed by atoms with Crippen LogP contribution in [0.15, 0.2) is 78.6 Å². The van der Waals surface area contributed by atoms with Crippen molar-refractivity contribution in [3.05, 3.63) is 99.9 Å². The number of anilines is 2. The molecule has 182 valence electrons. The van der Waals surface area contributed by atoms with Gasteiger partial charge in [-0.25, -0.2) is 0 Å². The van der Waals surface area contributed by atoms with Gasteiger partial charge in [-0.1, -0.05) is 18.2 Å². The number of rotatable bonds is 5. The monoisotopic (exact) mass is 484 g/mol. The Kier molecular flexibility index (Phi) is 6.20. The Morgan fingerprint density at radius 3 is 2.36 bits per heavy atom. The van der Waals surface area contributed by atoms with Gasteiger partial charge >= 0.3 is 0 Å². The zero-order valence-electron chi connectivity index (χ0n) is 19.4. The lowest BCUT2D eigenvalue weighted by Gasteiger charge is -2.30. The number of carbonyl (C=O) groups is 2. The highest BCUT2D eigenvalue weighted by atomic mass is 16.6. The molecular weight excluding hydrogens is 460 g/mol. The standard InChI is InChI=1S/C27H24N4O5/c32-25(18-6-4-8-22(16-18)31(35)36)23-24(19-7-5-13-28-17-19)30(27(34)26(23)33)21-11-9-20(10-12-21)29-14-2-1-3-15-29/h4-13,16-17,24,32H,1-3,14-15H2/b25-23-. The molecule has 1 amide bonds. The second-order valence-corrected chi connectivity index (χ2v) is 8.83. The van der Waals surface area contributed by atoms with Gasteiger partial charge in [-0.05, 0) is 55.2 Å². The van der Waals surface area contributed by atoms with Crippen molar-refractivity contribution in [2.75, 3.05) is 22.9 Å². The Balaban J connectivity index is 1.60. The number of nitrogens with zero attached hydrogens (tertiary/aromatic N) is 4. The number of benzene rings is 2. The maximum atomic E-state index is 13.3. The van der Waals surface area contributed by atoms with Gasteiger partial charge in [0.05, 0.1) is 16.5 Å². The third-order valence-corrected chi connectivity index (χ3v) is 6.62. The fourth-order valence-electron chi connectivity index (χ4n) is 4.85. The van der Waals surface area contributed by atoms with Crippen molar-refractivity contribution in [1.82, 2.24) is 4.98 Å². The molecule has 1 unspecified atom stereocenters. The quantitative estimate of drug-likeness (QED) is 0.185. The summed E-state index contributed by atoms with van der Waals surface area (Å²) < 4.78 is 0. The highest BCUT2D eigenvalue weighted by Gasteiger charge is 2.47. The molecule has 2 aliphatic rings. The number of non-ortho nitro benzene ring substituents is 1. The van der Waals surface area contributed by atoms with Crippen LogP contribution in [0.3, 0.4) is 0 Å². The van der Waals surface area contributed by atoms with E-state index < -0.39 is 28.4 Å². The molecule has 9 heteroatoms. The minimum absolute atomic E-state index is 0.0801. The number of piperidine rings is 1. The number of aromatic nitrogens is 1. The first-order valence-corrected chi connectivity index (χ1v) is 11.8. The number of ketones is 1. The van der Waals surface area contributed by atoms with Crippen molar-refractivity contribution in [3.8, 4) is 0 Å². The largest absolute Gasteiger partial charge is 0.507 e. The van der Waals surface area contributed by atoms with E-state index in [0.717, 1.165) is 31.6 Å². The first-order chi connectivity index (χ1) is 17.5. The lowest BCUT2D eigenvalue weighted by molar-refractivity contribution is -0.384. The van der Waals surface area contributed by atoms with Crippen LogP contribution < -0.4 is 9.80 Å². The molecule has 1 N–H and O–H groups in total. The molecule has 0 bridgehead atoms. The van der Waals surface area contributed by atoms with Gasteiger partial charge in [0.15, 0.2) is 0 Å². The summed E-state index contributed by atoms with van der Waals surface area (Å²) in [4.78, 5) is 45.0. The zero-order chi connectivity index (χ0) is 25.2. The van der Waals surface area contributed by atoms with Gasteiger partial charge in [0, 0.05) is 54.6 Å². The van der Waals surface area contributed by atoms with E-state index in [1.807, 2.05) is 12.1 Å². The van der Waals surface area contributed by atoms with Crippen molar-refractivity contribution >= 4 is 34.5 Å². The molecule has 9 nitrogen and oxygen atoms in total. The molecule has 1 atom stereocenters. The third kappa shape index (κ3) is 4.19. The number of hydrogen-bond donors (Lipinski definition) is 1. The number of nitro benzene ring substituents is 1. The minimum atomic E-state index is -0.946. The lowest BCUT2D eigenvalue weighted by atomic mass is 9.96. The Labute approximate surface area is 207 Å². The van der Waals surface area contributed by atoms with Crippen LogP contribution in [0, 0.1) is 10.1 Å². The van der Waals surface area contributed by atoms with Crippen molar-refractivity contribution < 1.29 is 19.6 Å². The summed E-state index contributed by atoms with van der Waals surface area (Å²) in [5.41, 5.74) is 1.78. The molecule has 2 fully saturated rings. The van der Waals surface area contributed by atoms with Gasteiger partial charge in [0.2, 0.25) is 0 Å². The van der Waals surface area contributed by atoms with Crippen LogP contribution in [-0.4, -0.2) is 39.8 Å². The summed E-state index contributed by atoms with van der Waals surface area (Å²) in [5.74, 6) is -2.13. The maximum Gasteiger partial charge on any atom is 0.300 e. The van der Waals surface area contributed by atoms with Gasteiger partial charge in [-0.2, -0.15) is 0 Å². The molecule has 0 saturated carbocycles. The summed E-state index contributed by atoms with van der Waals surface area (Å²) in [6.45, 7) is 1.95. The molecular formula is C27H24N4O5. The fraction of sp³-hybridized carbons (Fsp3) is 0.222. The molecule has 2 aliphatic heterocycles. The Bertz CT molecular complexity index is 1350. The second kappa shape index (κ2) is 9.61. The normalized spacial score (nSPS) is 19.5. The SMILES string of the molecule is O=C1C(=O)N(c2ccc(N3CCCCC3)cc2)C(c2cccnc2)/C1=C(/O)c1cccc([N+](=O)[O-])c1. The van der Waals surface area contributed by atoms with Crippen molar-refractivity contribution in [2.45, 2.75) is 25.3 Å². The van der Waals surface area contributed by atoms with Gasteiger partial charge in [-0.15, -0.1) is 0 Å². The van der Waals surface area contributed by atoms with Gasteiger partial charge < -0.3 is 10.0 Å². The molecule has 0 aliphatic carbocycles. The lowest BCUT2D eigenvalue weighted by Crippen LogP contribution is -2.30. The van der Waals surface area contributed by atoms with E-state index >= 15 is 0 Å². The average molecular weight is 485 g/mol. The zero-order valence-corrected chi connectivity index (χ0v) is 19.4. The van der Waals surface area contributed by atoms with E-state index in [-0.39, 0.29) is 16.8 Å². The van der Waals surface area contributed by atoms with E-state index in [9.17, 15) is 24.8 Å². The van der Waals surface area contributed by atoms with Crippen LogP contribution >= 0.6 is 0 Å². The van der Waals surface area contributed by atoms with Gasteiger partial charge in [0.25, 0.3) is 17.4 Å². The smallest absolute Gasteiger partial charge is 0.300 e.